The van der Waals surface area contributed by atoms with Crippen LogP contribution in [0, 0.1) is 18.6 Å². The molecule has 122 valence electrons. The molecular weight excluding hydrogens is 394 g/mol. The summed E-state index contributed by atoms with van der Waals surface area (Å²) >= 11 is 9.13. The van der Waals surface area contributed by atoms with Crippen molar-refractivity contribution in [1.29, 1.82) is 0 Å². The number of rotatable bonds is 3. The Morgan fingerprint density at radius 2 is 2.00 bits per heavy atom. The molecule has 0 aliphatic rings. The molecule has 1 N–H and O–H groups in total. The summed E-state index contributed by atoms with van der Waals surface area (Å²) in [6.07, 6.45) is -1.50. The van der Waals surface area contributed by atoms with Crippen LogP contribution in [-0.2, 0) is 4.74 Å². The minimum atomic E-state index is -1.50. The van der Waals surface area contributed by atoms with Crippen LogP contribution >= 0.6 is 27.5 Å². The Hall–Kier alpha value is -1.50. The van der Waals surface area contributed by atoms with Crippen molar-refractivity contribution in [3.63, 3.8) is 0 Å². The highest BCUT2D eigenvalue weighted by Crippen LogP contribution is 2.37. The van der Waals surface area contributed by atoms with Gasteiger partial charge < -0.3 is 9.84 Å². The van der Waals surface area contributed by atoms with Crippen molar-refractivity contribution >= 4 is 33.5 Å². The smallest absolute Gasteiger partial charge is 0.338 e. The average molecular weight is 406 g/mol. The Morgan fingerprint density at radius 1 is 1.35 bits per heavy atom. The normalized spacial score (nSPS) is 12.1. The van der Waals surface area contributed by atoms with Crippen LogP contribution in [0.1, 0.15) is 33.2 Å². The Bertz CT molecular complexity index is 780. The predicted molar refractivity (Wildman–Crippen MR) is 85.6 cm³/mol. The zero-order valence-electron chi connectivity index (χ0n) is 12.2. The maximum atomic E-state index is 14.4. The second-order valence-corrected chi connectivity index (χ2v) is 6.02. The van der Waals surface area contributed by atoms with E-state index in [1.165, 1.54) is 13.2 Å². The van der Waals surface area contributed by atoms with E-state index in [0.29, 0.717) is 5.56 Å². The Morgan fingerprint density at radius 3 is 2.61 bits per heavy atom. The molecule has 7 heteroatoms. The monoisotopic (exact) mass is 404 g/mol. The summed E-state index contributed by atoms with van der Waals surface area (Å²) in [6, 6.07) is 4.41. The molecule has 1 unspecified atom stereocenters. The summed E-state index contributed by atoms with van der Waals surface area (Å²) < 4.78 is 32.6. The lowest BCUT2D eigenvalue weighted by Gasteiger charge is -2.18. The molecule has 1 atom stereocenters. The number of aliphatic hydroxyl groups excluding tert-OH is 1. The average Bonchev–Trinajstić information content (AvgIpc) is 2.52. The molecule has 0 aliphatic heterocycles. The molecule has 0 radical (unpaired) electrons. The molecule has 23 heavy (non-hydrogen) atoms. The minimum absolute atomic E-state index is 0.0245. The van der Waals surface area contributed by atoms with Gasteiger partial charge in [0.2, 0.25) is 0 Å². The molecule has 0 fully saturated rings. The van der Waals surface area contributed by atoms with E-state index in [1.54, 1.807) is 6.92 Å². The number of hydrogen-bond donors (Lipinski definition) is 1. The van der Waals surface area contributed by atoms with Crippen molar-refractivity contribution < 1.29 is 23.4 Å². The molecule has 0 amide bonds. The van der Waals surface area contributed by atoms with Gasteiger partial charge in [-0.3, -0.25) is 0 Å². The van der Waals surface area contributed by atoms with Gasteiger partial charge in [0.1, 0.15) is 17.7 Å². The van der Waals surface area contributed by atoms with Crippen LogP contribution in [0.5, 0.6) is 0 Å². The standard InChI is InChI=1S/C16H12BrClF2O3/c1-7-9(16(22)23-2)6-12(20)13(14(7)17)15(21)10-5-8(19)3-4-11(10)18/h3-6,15,21H,1-2H3. The zero-order chi connectivity index (χ0) is 17.3. The number of carbonyl (C=O) groups is 1. The van der Waals surface area contributed by atoms with Crippen molar-refractivity contribution in [1.82, 2.24) is 0 Å². The van der Waals surface area contributed by atoms with E-state index < -0.39 is 23.7 Å². The van der Waals surface area contributed by atoms with Crippen LogP contribution in [0.4, 0.5) is 8.78 Å². The molecule has 0 heterocycles. The molecule has 2 aromatic rings. The number of halogens is 4. The van der Waals surface area contributed by atoms with Crippen LogP contribution in [0.25, 0.3) is 0 Å². The second kappa shape index (κ2) is 6.95. The Balaban J connectivity index is 2.62. The van der Waals surface area contributed by atoms with Crippen molar-refractivity contribution in [2.45, 2.75) is 13.0 Å². The fraction of sp³-hybridized carbons (Fsp3) is 0.188. The second-order valence-electron chi connectivity index (χ2n) is 4.82. The first kappa shape index (κ1) is 17.8. The molecule has 3 nitrogen and oxygen atoms in total. The fourth-order valence-corrected chi connectivity index (χ4v) is 3.03. The summed E-state index contributed by atoms with van der Waals surface area (Å²) in [6.45, 7) is 1.57. The highest BCUT2D eigenvalue weighted by Gasteiger charge is 2.25. The lowest BCUT2D eigenvalue weighted by molar-refractivity contribution is 0.0599. The van der Waals surface area contributed by atoms with Crippen molar-refractivity contribution in [3.05, 3.63) is 67.6 Å². The number of hydrogen-bond acceptors (Lipinski definition) is 3. The number of aliphatic hydroxyl groups is 1. The van der Waals surface area contributed by atoms with Crippen LogP contribution in [-0.4, -0.2) is 18.2 Å². The highest BCUT2D eigenvalue weighted by molar-refractivity contribution is 9.10. The van der Waals surface area contributed by atoms with Gasteiger partial charge in [-0.25, -0.2) is 13.6 Å². The van der Waals surface area contributed by atoms with Crippen LogP contribution in [0.3, 0.4) is 0 Å². The third-order valence-electron chi connectivity index (χ3n) is 3.43. The van der Waals surface area contributed by atoms with Gasteiger partial charge in [0.25, 0.3) is 0 Å². The lowest BCUT2D eigenvalue weighted by atomic mass is 9.96. The summed E-state index contributed by atoms with van der Waals surface area (Å²) in [4.78, 5) is 11.6. The van der Waals surface area contributed by atoms with Gasteiger partial charge in [-0.2, -0.15) is 0 Å². The largest absolute Gasteiger partial charge is 0.465 e. The molecule has 0 spiro atoms. The van der Waals surface area contributed by atoms with E-state index in [2.05, 4.69) is 20.7 Å². The third-order valence-corrected chi connectivity index (χ3v) is 4.80. The van der Waals surface area contributed by atoms with Crippen LogP contribution < -0.4 is 0 Å². The van der Waals surface area contributed by atoms with E-state index >= 15 is 0 Å². The zero-order valence-corrected chi connectivity index (χ0v) is 14.5. The molecule has 0 saturated heterocycles. The summed E-state index contributed by atoms with van der Waals surface area (Å²) in [7, 11) is 1.18. The summed E-state index contributed by atoms with van der Waals surface area (Å²) in [5.41, 5.74) is 0.303. The topological polar surface area (TPSA) is 46.5 Å². The summed E-state index contributed by atoms with van der Waals surface area (Å²) in [5.74, 6) is -2.15. The number of ether oxygens (including phenoxy) is 1. The highest BCUT2D eigenvalue weighted by atomic mass is 79.9. The van der Waals surface area contributed by atoms with Gasteiger partial charge in [0, 0.05) is 20.6 Å². The first-order valence-corrected chi connectivity index (χ1v) is 7.64. The quantitative estimate of drug-likeness (QED) is 0.762. The van der Waals surface area contributed by atoms with E-state index in [9.17, 15) is 18.7 Å². The third kappa shape index (κ3) is 3.39. The Labute approximate surface area is 145 Å². The van der Waals surface area contributed by atoms with Gasteiger partial charge in [0.15, 0.2) is 0 Å². The van der Waals surface area contributed by atoms with Crippen molar-refractivity contribution in [3.8, 4) is 0 Å². The lowest BCUT2D eigenvalue weighted by Crippen LogP contribution is -2.11. The fourth-order valence-electron chi connectivity index (χ4n) is 2.19. The number of carbonyl (C=O) groups excluding carboxylic acids is 1. The number of esters is 1. The molecule has 0 aliphatic carbocycles. The van der Waals surface area contributed by atoms with Gasteiger partial charge in [-0.1, -0.05) is 11.6 Å². The van der Waals surface area contributed by atoms with E-state index in [4.69, 9.17) is 11.6 Å². The first-order chi connectivity index (χ1) is 10.8. The molecular formula is C16H12BrClF2O3. The first-order valence-electron chi connectivity index (χ1n) is 6.47. The molecule has 2 rings (SSSR count). The number of benzene rings is 2. The van der Waals surface area contributed by atoms with Gasteiger partial charge in [0.05, 0.1) is 12.7 Å². The molecule has 2 aromatic carbocycles. The minimum Gasteiger partial charge on any atom is -0.465 e. The maximum absolute atomic E-state index is 14.4. The van der Waals surface area contributed by atoms with Crippen molar-refractivity contribution in [2.24, 2.45) is 0 Å². The van der Waals surface area contributed by atoms with Crippen LogP contribution in [0.15, 0.2) is 28.7 Å². The van der Waals surface area contributed by atoms with E-state index in [-0.39, 0.29) is 26.2 Å². The maximum Gasteiger partial charge on any atom is 0.338 e. The van der Waals surface area contributed by atoms with Gasteiger partial charge >= 0.3 is 5.97 Å². The van der Waals surface area contributed by atoms with Crippen molar-refractivity contribution in [2.75, 3.05) is 7.11 Å². The molecule has 0 aromatic heterocycles. The SMILES string of the molecule is COC(=O)c1cc(F)c(C(O)c2cc(F)ccc2Cl)c(Br)c1C. The van der Waals surface area contributed by atoms with Crippen LogP contribution in [0.2, 0.25) is 5.02 Å². The molecule has 0 bridgehead atoms. The van der Waals surface area contributed by atoms with Gasteiger partial charge in [-0.05, 0) is 52.7 Å². The number of methoxy groups -OCH3 is 1. The molecule has 0 saturated carbocycles. The predicted octanol–water partition coefficient (Wildman–Crippen LogP) is 4.56. The van der Waals surface area contributed by atoms with E-state index in [1.807, 2.05) is 0 Å². The Kier molecular flexibility index (Phi) is 5.39. The summed E-state index contributed by atoms with van der Waals surface area (Å²) in [5, 5.41) is 10.5. The van der Waals surface area contributed by atoms with E-state index in [0.717, 1.165) is 18.2 Å². The van der Waals surface area contributed by atoms with Gasteiger partial charge in [-0.15, -0.1) is 0 Å².